The largest absolute Gasteiger partial charge is 0.334 e. The fourth-order valence-corrected chi connectivity index (χ4v) is 4.52. The van der Waals surface area contributed by atoms with Crippen molar-refractivity contribution in [3.63, 3.8) is 0 Å². The van der Waals surface area contributed by atoms with Crippen molar-refractivity contribution in [1.29, 1.82) is 0 Å². The maximum absolute atomic E-state index is 12.6. The third-order valence-corrected chi connectivity index (χ3v) is 6.39. The standard InChI is InChI=1S/C20H19N3O3S/c24-27(25,23-14-4-5-15-23)18-11-9-17(10-12-18)20-21-19(26-22-20)13-8-16-6-2-1-3-7-16/h1-3,6-13H,4-5,14-15H2/b13-8+. The molecule has 4 rings (SSSR count). The Morgan fingerprint density at radius 2 is 1.63 bits per heavy atom. The highest BCUT2D eigenvalue weighted by Gasteiger charge is 2.27. The fourth-order valence-electron chi connectivity index (χ4n) is 3.01. The van der Waals surface area contributed by atoms with Gasteiger partial charge in [0.05, 0.1) is 4.90 Å². The summed E-state index contributed by atoms with van der Waals surface area (Å²) in [6.07, 6.45) is 5.47. The second-order valence-electron chi connectivity index (χ2n) is 6.34. The SMILES string of the molecule is O=S(=O)(c1ccc(-c2noc(/C=C/c3ccccc3)n2)cc1)N1CCCC1. The molecule has 1 fully saturated rings. The summed E-state index contributed by atoms with van der Waals surface area (Å²) < 4.78 is 31.9. The number of benzene rings is 2. The number of rotatable bonds is 5. The van der Waals surface area contributed by atoms with Crippen molar-refractivity contribution < 1.29 is 12.9 Å². The molecule has 0 unspecified atom stereocenters. The lowest BCUT2D eigenvalue weighted by Crippen LogP contribution is -2.27. The van der Waals surface area contributed by atoms with Gasteiger partial charge in [0, 0.05) is 24.7 Å². The van der Waals surface area contributed by atoms with Gasteiger partial charge in [-0.3, -0.25) is 0 Å². The van der Waals surface area contributed by atoms with Crippen LogP contribution in [0.1, 0.15) is 24.3 Å². The first-order chi connectivity index (χ1) is 13.1. The minimum atomic E-state index is -3.41. The number of aromatic nitrogens is 2. The van der Waals surface area contributed by atoms with Gasteiger partial charge in [-0.25, -0.2) is 8.42 Å². The average Bonchev–Trinajstić information content (AvgIpc) is 3.40. The summed E-state index contributed by atoms with van der Waals surface area (Å²) in [4.78, 5) is 4.63. The zero-order valence-electron chi connectivity index (χ0n) is 14.7. The van der Waals surface area contributed by atoms with Crippen molar-refractivity contribution in [1.82, 2.24) is 14.4 Å². The predicted molar refractivity (Wildman–Crippen MR) is 103 cm³/mol. The minimum absolute atomic E-state index is 0.292. The molecule has 1 saturated heterocycles. The smallest absolute Gasteiger partial charge is 0.250 e. The lowest BCUT2D eigenvalue weighted by Gasteiger charge is -2.15. The molecule has 0 bridgehead atoms. The molecule has 0 spiro atoms. The van der Waals surface area contributed by atoms with Gasteiger partial charge < -0.3 is 4.52 Å². The molecule has 0 aliphatic carbocycles. The zero-order valence-corrected chi connectivity index (χ0v) is 15.5. The highest BCUT2D eigenvalue weighted by molar-refractivity contribution is 7.89. The molecule has 0 atom stereocenters. The Morgan fingerprint density at radius 3 is 2.33 bits per heavy atom. The molecule has 0 saturated carbocycles. The van der Waals surface area contributed by atoms with E-state index in [9.17, 15) is 8.42 Å². The Balaban J connectivity index is 1.51. The van der Waals surface area contributed by atoms with Crippen molar-refractivity contribution in [2.45, 2.75) is 17.7 Å². The van der Waals surface area contributed by atoms with Crippen LogP contribution in [-0.2, 0) is 10.0 Å². The van der Waals surface area contributed by atoms with Crippen LogP contribution in [0.4, 0.5) is 0 Å². The van der Waals surface area contributed by atoms with Gasteiger partial charge in [0.2, 0.25) is 15.8 Å². The second kappa shape index (κ2) is 7.46. The summed E-state index contributed by atoms with van der Waals surface area (Å²) in [5.41, 5.74) is 1.74. The van der Waals surface area contributed by atoms with E-state index < -0.39 is 10.0 Å². The average molecular weight is 381 g/mol. The van der Waals surface area contributed by atoms with Gasteiger partial charge in [0.1, 0.15) is 0 Å². The van der Waals surface area contributed by atoms with Crippen LogP contribution < -0.4 is 0 Å². The van der Waals surface area contributed by atoms with Gasteiger partial charge in [-0.1, -0.05) is 35.5 Å². The van der Waals surface area contributed by atoms with Crippen molar-refractivity contribution in [3.8, 4) is 11.4 Å². The molecule has 7 heteroatoms. The summed E-state index contributed by atoms with van der Waals surface area (Å²) in [6, 6.07) is 16.4. The summed E-state index contributed by atoms with van der Waals surface area (Å²) in [5, 5.41) is 3.97. The van der Waals surface area contributed by atoms with E-state index in [0.717, 1.165) is 18.4 Å². The molecule has 2 heterocycles. The van der Waals surface area contributed by atoms with Gasteiger partial charge in [0.25, 0.3) is 5.89 Å². The first kappa shape index (κ1) is 17.6. The number of sulfonamides is 1. The van der Waals surface area contributed by atoms with Crippen LogP contribution in [0, 0.1) is 0 Å². The molecule has 0 radical (unpaired) electrons. The van der Waals surface area contributed by atoms with Crippen molar-refractivity contribution in [3.05, 3.63) is 66.1 Å². The van der Waals surface area contributed by atoms with Crippen LogP contribution in [0.2, 0.25) is 0 Å². The Morgan fingerprint density at radius 1 is 0.926 bits per heavy atom. The summed E-state index contributed by atoms with van der Waals surface area (Å²) >= 11 is 0. The van der Waals surface area contributed by atoms with Crippen LogP contribution >= 0.6 is 0 Å². The van der Waals surface area contributed by atoms with E-state index in [1.165, 1.54) is 4.31 Å². The van der Waals surface area contributed by atoms with E-state index in [4.69, 9.17) is 4.52 Å². The maximum Gasteiger partial charge on any atom is 0.250 e. The normalized spacial score (nSPS) is 15.6. The van der Waals surface area contributed by atoms with Crippen LogP contribution in [0.3, 0.4) is 0 Å². The van der Waals surface area contributed by atoms with Crippen molar-refractivity contribution in [2.75, 3.05) is 13.1 Å². The zero-order chi connectivity index (χ0) is 18.7. The predicted octanol–water partition coefficient (Wildman–Crippen LogP) is 3.69. The van der Waals surface area contributed by atoms with E-state index in [2.05, 4.69) is 10.1 Å². The molecule has 0 amide bonds. The molecular weight excluding hydrogens is 362 g/mol. The Labute approximate surface area is 158 Å². The molecule has 1 aromatic heterocycles. The van der Waals surface area contributed by atoms with Gasteiger partial charge in [-0.05, 0) is 48.7 Å². The lowest BCUT2D eigenvalue weighted by molar-refractivity contribution is 0.411. The lowest BCUT2D eigenvalue weighted by atomic mass is 10.2. The molecule has 1 aliphatic rings. The molecule has 27 heavy (non-hydrogen) atoms. The Hall–Kier alpha value is -2.77. The molecular formula is C20H19N3O3S. The van der Waals surface area contributed by atoms with E-state index in [0.29, 0.717) is 35.3 Å². The fraction of sp³-hybridized carbons (Fsp3) is 0.200. The summed E-state index contributed by atoms with van der Waals surface area (Å²) in [6.45, 7) is 1.18. The first-order valence-electron chi connectivity index (χ1n) is 8.80. The summed E-state index contributed by atoms with van der Waals surface area (Å²) in [5.74, 6) is 0.815. The minimum Gasteiger partial charge on any atom is -0.334 e. The second-order valence-corrected chi connectivity index (χ2v) is 8.27. The highest BCUT2D eigenvalue weighted by atomic mass is 32.2. The highest BCUT2D eigenvalue weighted by Crippen LogP contribution is 2.24. The van der Waals surface area contributed by atoms with Crippen LogP contribution in [0.25, 0.3) is 23.5 Å². The Bertz CT molecular complexity index is 1040. The van der Waals surface area contributed by atoms with Crippen LogP contribution in [0.15, 0.2) is 64.0 Å². The number of hydrogen-bond acceptors (Lipinski definition) is 5. The molecule has 3 aromatic rings. The first-order valence-corrected chi connectivity index (χ1v) is 10.2. The van der Waals surface area contributed by atoms with Gasteiger partial charge in [0.15, 0.2) is 0 Å². The van der Waals surface area contributed by atoms with Gasteiger partial charge >= 0.3 is 0 Å². The molecule has 0 N–H and O–H groups in total. The van der Waals surface area contributed by atoms with Crippen LogP contribution in [0.5, 0.6) is 0 Å². The van der Waals surface area contributed by atoms with Crippen LogP contribution in [-0.4, -0.2) is 36.0 Å². The van der Waals surface area contributed by atoms with E-state index in [1.807, 2.05) is 36.4 Å². The third-order valence-electron chi connectivity index (χ3n) is 4.47. The van der Waals surface area contributed by atoms with Gasteiger partial charge in [-0.15, -0.1) is 0 Å². The Kier molecular flexibility index (Phi) is 4.87. The monoisotopic (exact) mass is 381 g/mol. The number of nitrogens with zero attached hydrogens (tertiary/aromatic N) is 3. The van der Waals surface area contributed by atoms with E-state index in [1.54, 1.807) is 30.3 Å². The van der Waals surface area contributed by atoms with E-state index >= 15 is 0 Å². The molecule has 138 valence electrons. The van der Waals surface area contributed by atoms with Crippen molar-refractivity contribution >= 4 is 22.2 Å². The molecule has 2 aromatic carbocycles. The molecule has 6 nitrogen and oxygen atoms in total. The maximum atomic E-state index is 12.6. The third kappa shape index (κ3) is 3.84. The molecule has 1 aliphatic heterocycles. The van der Waals surface area contributed by atoms with Gasteiger partial charge in [-0.2, -0.15) is 9.29 Å². The summed E-state index contributed by atoms with van der Waals surface area (Å²) in [7, 11) is -3.41. The quantitative estimate of drug-likeness (QED) is 0.674. The number of hydrogen-bond donors (Lipinski definition) is 0. The van der Waals surface area contributed by atoms with Crippen molar-refractivity contribution in [2.24, 2.45) is 0 Å². The topological polar surface area (TPSA) is 76.3 Å². The van der Waals surface area contributed by atoms with E-state index in [-0.39, 0.29) is 0 Å².